The first-order valence-corrected chi connectivity index (χ1v) is 6.48. The van der Waals surface area contributed by atoms with Crippen molar-refractivity contribution in [1.29, 1.82) is 0 Å². The fourth-order valence-electron chi connectivity index (χ4n) is 1.81. The second-order valence-corrected chi connectivity index (χ2v) is 5.64. The summed E-state index contributed by atoms with van der Waals surface area (Å²) in [5.74, 6) is -1.17. The maximum atomic E-state index is 11.7. The van der Waals surface area contributed by atoms with Gasteiger partial charge in [-0.15, -0.1) is 11.6 Å². The van der Waals surface area contributed by atoms with Crippen molar-refractivity contribution in [3.8, 4) is 0 Å². The number of carboxylic acids is 1. The standard InChI is InChI=1S/C11H9ClINO3/c12-6-3-10(15)14(5-6)9-2-1-7(13)4-8(9)11(16)17/h1-2,4,6H,3,5H2,(H,16,17). The molecule has 1 aliphatic heterocycles. The van der Waals surface area contributed by atoms with Crippen LogP contribution in [0.25, 0.3) is 0 Å². The average Bonchev–Trinajstić information content (AvgIpc) is 2.57. The Labute approximate surface area is 117 Å². The molecule has 1 atom stereocenters. The van der Waals surface area contributed by atoms with Crippen LogP contribution >= 0.6 is 34.2 Å². The molecule has 1 aromatic rings. The quantitative estimate of drug-likeness (QED) is 0.646. The van der Waals surface area contributed by atoms with Crippen LogP contribution in [0.4, 0.5) is 5.69 Å². The van der Waals surface area contributed by atoms with Gasteiger partial charge < -0.3 is 10.0 Å². The molecule has 0 spiro atoms. The second kappa shape index (κ2) is 4.81. The molecule has 6 heteroatoms. The Hall–Kier alpha value is -0.820. The number of benzene rings is 1. The first-order chi connectivity index (χ1) is 7.99. The van der Waals surface area contributed by atoms with Crippen LogP contribution in [-0.4, -0.2) is 28.9 Å². The number of nitrogens with zero attached hydrogens (tertiary/aromatic N) is 1. The Morgan fingerprint density at radius 3 is 2.76 bits per heavy atom. The normalized spacial score (nSPS) is 19.8. The molecule has 90 valence electrons. The molecule has 1 heterocycles. The predicted octanol–water partition coefficient (Wildman–Crippen LogP) is 2.33. The summed E-state index contributed by atoms with van der Waals surface area (Å²) in [5, 5.41) is 8.88. The predicted molar refractivity (Wildman–Crippen MR) is 72.7 cm³/mol. The molecule has 2 rings (SSSR count). The lowest BCUT2D eigenvalue weighted by Gasteiger charge is -2.18. The van der Waals surface area contributed by atoms with E-state index in [9.17, 15) is 9.59 Å². The number of anilines is 1. The Morgan fingerprint density at radius 1 is 1.53 bits per heavy atom. The van der Waals surface area contributed by atoms with E-state index in [0.717, 1.165) is 3.57 Å². The summed E-state index contributed by atoms with van der Waals surface area (Å²) >= 11 is 7.94. The molecule has 1 amide bonds. The van der Waals surface area contributed by atoms with Gasteiger partial charge in [0.2, 0.25) is 5.91 Å². The molecule has 17 heavy (non-hydrogen) atoms. The zero-order valence-corrected chi connectivity index (χ0v) is 11.6. The van der Waals surface area contributed by atoms with Crippen LogP contribution in [0.1, 0.15) is 16.8 Å². The third-order valence-corrected chi connectivity index (χ3v) is 3.52. The summed E-state index contributed by atoms with van der Waals surface area (Å²) < 4.78 is 0.817. The molecular formula is C11H9ClINO3. The van der Waals surface area contributed by atoms with Crippen molar-refractivity contribution in [1.82, 2.24) is 0 Å². The Balaban J connectivity index is 2.45. The van der Waals surface area contributed by atoms with Crippen LogP contribution < -0.4 is 4.90 Å². The number of hydrogen-bond acceptors (Lipinski definition) is 2. The van der Waals surface area contributed by atoms with E-state index in [2.05, 4.69) is 0 Å². The van der Waals surface area contributed by atoms with Crippen LogP contribution in [0.5, 0.6) is 0 Å². The molecule has 0 aromatic heterocycles. The van der Waals surface area contributed by atoms with Crippen molar-refractivity contribution in [3.63, 3.8) is 0 Å². The first-order valence-electron chi connectivity index (χ1n) is 4.96. The molecular weight excluding hydrogens is 356 g/mol. The minimum absolute atomic E-state index is 0.131. The van der Waals surface area contributed by atoms with Gasteiger partial charge in [-0.1, -0.05) is 0 Å². The van der Waals surface area contributed by atoms with Crippen molar-refractivity contribution in [2.75, 3.05) is 11.4 Å². The lowest BCUT2D eigenvalue weighted by Crippen LogP contribution is -2.26. The van der Waals surface area contributed by atoms with Gasteiger partial charge in [0.1, 0.15) is 0 Å². The summed E-state index contributed by atoms with van der Waals surface area (Å²) in [6.45, 7) is 0.362. The van der Waals surface area contributed by atoms with Crippen LogP contribution in [0.15, 0.2) is 18.2 Å². The topological polar surface area (TPSA) is 57.6 Å². The van der Waals surface area contributed by atoms with Gasteiger partial charge in [-0.05, 0) is 40.8 Å². The van der Waals surface area contributed by atoms with Crippen LogP contribution in [0.3, 0.4) is 0 Å². The van der Waals surface area contributed by atoms with Gasteiger partial charge in [0.25, 0.3) is 0 Å². The number of alkyl halides is 1. The minimum atomic E-state index is -1.04. The molecule has 1 aliphatic rings. The number of rotatable bonds is 2. The van der Waals surface area contributed by atoms with E-state index in [1.54, 1.807) is 18.2 Å². The van der Waals surface area contributed by atoms with Crippen molar-refractivity contribution in [2.45, 2.75) is 11.8 Å². The van der Waals surface area contributed by atoms with Crippen LogP contribution in [0, 0.1) is 3.57 Å². The Morgan fingerprint density at radius 2 is 2.24 bits per heavy atom. The van der Waals surface area contributed by atoms with E-state index in [1.807, 2.05) is 22.6 Å². The summed E-state index contributed by atoms with van der Waals surface area (Å²) in [5.41, 5.74) is 0.557. The summed E-state index contributed by atoms with van der Waals surface area (Å²) in [7, 11) is 0. The highest BCUT2D eigenvalue weighted by atomic mass is 127. The lowest BCUT2D eigenvalue weighted by atomic mass is 10.1. The second-order valence-electron chi connectivity index (χ2n) is 3.77. The SMILES string of the molecule is O=C(O)c1cc(I)ccc1N1CC(Cl)CC1=O. The van der Waals surface area contributed by atoms with Crippen LogP contribution in [0.2, 0.25) is 0 Å². The highest BCUT2D eigenvalue weighted by Gasteiger charge is 2.31. The van der Waals surface area contributed by atoms with Gasteiger partial charge in [0, 0.05) is 16.5 Å². The molecule has 1 saturated heterocycles. The van der Waals surface area contributed by atoms with Crippen LogP contribution in [-0.2, 0) is 4.79 Å². The molecule has 0 radical (unpaired) electrons. The molecule has 1 aromatic carbocycles. The number of halogens is 2. The highest BCUT2D eigenvalue weighted by Crippen LogP contribution is 2.28. The maximum absolute atomic E-state index is 11.7. The number of hydrogen-bond donors (Lipinski definition) is 1. The van der Waals surface area contributed by atoms with Crippen molar-refractivity contribution in [2.24, 2.45) is 0 Å². The first kappa shape index (κ1) is 12.6. The van der Waals surface area contributed by atoms with E-state index < -0.39 is 5.97 Å². The Kier molecular flexibility index (Phi) is 3.58. The van der Waals surface area contributed by atoms with E-state index >= 15 is 0 Å². The largest absolute Gasteiger partial charge is 0.478 e. The number of amides is 1. The smallest absolute Gasteiger partial charge is 0.337 e. The van der Waals surface area contributed by atoms with Gasteiger partial charge in [-0.3, -0.25) is 4.79 Å². The maximum Gasteiger partial charge on any atom is 0.337 e. The fraction of sp³-hybridized carbons (Fsp3) is 0.273. The molecule has 1 unspecified atom stereocenters. The Bertz CT molecular complexity index is 492. The number of carbonyl (C=O) groups excluding carboxylic acids is 1. The molecule has 1 N–H and O–H groups in total. The third-order valence-electron chi connectivity index (χ3n) is 2.56. The van der Waals surface area contributed by atoms with Gasteiger partial charge >= 0.3 is 5.97 Å². The summed E-state index contributed by atoms with van der Waals surface area (Å²) in [4.78, 5) is 24.3. The summed E-state index contributed by atoms with van der Waals surface area (Å²) in [6, 6.07) is 4.97. The van der Waals surface area contributed by atoms with Gasteiger partial charge in [0.05, 0.1) is 16.6 Å². The van der Waals surface area contributed by atoms with E-state index in [4.69, 9.17) is 16.7 Å². The van der Waals surface area contributed by atoms with E-state index in [1.165, 1.54) is 4.90 Å². The van der Waals surface area contributed by atoms with Crippen molar-refractivity contribution < 1.29 is 14.7 Å². The number of aromatic carboxylic acids is 1. The van der Waals surface area contributed by atoms with E-state index in [-0.39, 0.29) is 23.3 Å². The fourth-order valence-corrected chi connectivity index (χ4v) is 2.57. The number of carboxylic acid groups (broad SMARTS) is 1. The molecule has 4 nitrogen and oxygen atoms in total. The average molecular weight is 366 g/mol. The number of carbonyl (C=O) groups is 2. The summed E-state index contributed by atoms with van der Waals surface area (Å²) in [6.07, 6.45) is 0.257. The van der Waals surface area contributed by atoms with Crippen molar-refractivity contribution in [3.05, 3.63) is 27.3 Å². The molecule has 0 aliphatic carbocycles. The molecule has 0 bridgehead atoms. The third kappa shape index (κ3) is 2.55. The van der Waals surface area contributed by atoms with E-state index in [0.29, 0.717) is 12.2 Å². The van der Waals surface area contributed by atoms with Gasteiger partial charge in [-0.25, -0.2) is 4.79 Å². The molecule has 0 saturated carbocycles. The molecule has 1 fully saturated rings. The van der Waals surface area contributed by atoms with Gasteiger partial charge in [-0.2, -0.15) is 0 Å². The van der Waals surface area contributed by atoms with Gasteiger partial charge in [0.15, 0.2) is 0 Å². The highest BCUT2D eigenvalue weighted by molar-refractivity contribution is 14.1. The lowest BCUT2D eigenvalue weighted by molar-refractivity contribution is -0.117. The minimum Gasteiger partial charge on any atom is -0.478 e. The van der Waals surface area contributed by atoms with Crippen molar-refractivity contribution >= 4 is 51.8 Å². The monoisotopic (exact) mass is 365 g/mol. The zero-order chi connectivity index (χ0) is 12.6. The zero-order valence-electron chi connectivity index (χ0n) is 8.69.